The van der Waals surface area contributed by atoms with Gasteiger partial charge in [0.25, 0.3) is 0 Å². The molecule has 0 saturated heterocycles. The number of aromatic nitrogens is 1. The first-order valence-corrected chi connectivity index (χ1v) is 5.92. The van der Waals surface area contributed by atoms with Crippen LogP contribution in [0.2, 0.25) is 0 Å². The van der Waals surface area contributed by atoms with Gasteiger partial charge in [0.1, 0.15) is 11.8 Å². The number of nitrogens with one attached hydrogen (secondary N) is 2. The zero-order valence-corrected chi connectivity index (χ0v) is 10.9. The van der Waals surface area contributed by atoms with Crippen LogP contribution in [0.4, 0.5) is 0 Å². The fraction of sp³-hybridized carbons (Fsp3) is 0.462. The van der Waals surface area contributed by atoms with Crippen LogP contribution in [0.5, 0.6) is 0 Å². The fourth-order valence-corrected chi connectivity index (χ4v) is 1.45. The first-order valence-electron chi connectivity index (χ1n) is 5.92. The number of hydrogen-bond acceptors (Lipinski definition) is 4. The van der Waals surface area contributed by atoms with Gasteiger partial charge >= 0.3 is 0 Å². The van der Waals surface area contributed by atoms with Crippen LogP contribution in [0.15, 0.2) is 18.3 Å². The summed E-state index contributed by atoms with van der Waals surface area (Å²) in [5.74, 6) is -0.0487. The van der Waals surface area contributed by atoms with Gasteiger partial charge in [-0.05, 0) is 26.8 Å². The van der Waals surface area contributed by atoms with E-state index in [0.717, 1.165) is 5.56 Å². The van der Waals surface area contributed by atoms with Crippen molar-refractivity contribution in [3.63, 3.8) is 0 Å². The number of carbonyl (C=O) groups is 1. The Kier molecular flexibility index (Phi) is 5.28. The van der Waals surface area contributed by atoms with E-state index in [2.05, 4.69) is 15.6 Å². The van der Waals surface area contributed by atoms with Crippen LogP contribution in [0.25, 0.3) is 0 Å². The van der Waals surface area contributed by atoms with Crippen molar-refractivity contribution in [1.82, 2.24) is 15.6 Å². The number of rotatable bonds is 5. The van der Waals surface area contributed by atoms with Crippen LogP contribution in [0, 0.1) is 11.3 Å². The number of nitrogens with zero attached hydrogens (tertiary/aromatic N) is 2. The molecule has 0 aliphatic carbocycles. The summed E-state index contributed by atoms with van der Waals surface area (Å²) in [5.41, 5.74) is 1.19. The maximum Gasteiger partial charge on any atom is 0.237 e. The van der Waals surface area contributed by atoms with Gasteiger partial charge in [-0.15, -0.1) is 0 Å². The van der Waals surface area contributed by atoms with Crippen molar-refractivity contribution in [1.29, 1.82) is 5.26 Å². The number of hydrogen-bond donors (Lipinski definition) is 2. The van der Waals surface area contributed by atoms with Crippen molar-refractivity contribution in [3.05, 3.63) is 29.6 Å². The van der Waals surface area contributed by atoms with Crippen molar-refractivity contribution in [2.24, 2.45) is 0 Å². The molecule has 18 heavy (non-hydrogen) atoms. The van der Waals surface area contributed by atoms with Gasteiger partial charge in [-0.3, -0.25) is 4.79 Å². The molecule has 1 rings (SSSR count). The summed E-state index contributed by atoms with van der Waals surface area (Å²) in [6.07, 6.45) is 1.58. The van der Waals surface area contributed by atoms with Crippen molar-refractivity contribution in [3.8, 4) is 6.07 Å². The second kappa shape index (κ2) is 6.72. The quantitative estimate of drug-likeness (QED) is 0.811. The Labute approximate surface area is 107 Å². The number of amides is 1. The van der Waals surface area contributed by atoms with Crippen LogP contribution in [-0.4, -0.2) is 23.0 Å². The van der Waals surface area contributed by atoms with Gasteiger partial charge in [0.15, 0.2) is 0 Å². The van der Waals surface area contributed by atoms with Gasteiger partial charge < -0.3 is 10.6 Å². The van der Waals surface area contributed by atoms with Crippen LogP contribution in [-0.2, 0) is 11.3 Å². The van der Waals surface area contributed by atoms with Gasteiger partial charge in [-0.25, -0.2) is 4.98 Å². The molecule has 0 spiro atoms. The number of pyridine rings is 1. The SMILES string of the molecule is CC(C)NC(=O)C(C)NCc1cccnc1C#N. The molecule has 0 bridgehead atoms. The van der Waals surface area contributed by atoms with E-state index in [4.69, 9.17) is 5.26 Å². The van der Waals surface area contributed by atoms with E-state index in [1.807, 2.05) is 26.0 Å². The Bertz CT molecular complexity index is 451. The van der Waals surface area contributed by atoms with E-state index >= 15 is 0 Å². The molecule has 0 aromatic carbocycles. The fourth-order valence-electron chi connectivity index (χ4n) is 1.45. The molecular weight excluding hydrogens is 228 g/mol. The summed E-state index contributed by atoms with van der Waals surface area (Å²) < 4.78 is 0. The van der Waals surface area contributed by atoms with E-state index in [9.17, 15) is 4.79 Å². The standard InChI is InChI=1S/C13H18N4O/c1-9(2)17-13(18)10(3)16-8-11-5-4-6-15-12(11)7-14/h4-6,9-10,16H,8H2,1-3H3,(H,17,18). The van der Waals surface area contributed by atoms with Crippen LogP contribution in [0.3, 0.4) is 0 Å². The molecule has 1 aromatic heterocycles. The summed E-state index contributed by atoms with van der Waals surface area (Å²) in [7, 11) is 0. The summed E-state index contributed by atoms with van der Waals surface area (Å²) in [4.78, 5) is 15.6. The molecule has 1 amide bonds. The lowest BCUT2D eigenvalue weighted by Crippen LogP contribution is -2.44. The van der Waals surface area contributed by atoms with Crippen LogP contribution in [0.1, 0.15) is 32.0 Å². The van der Waals surface area contributed by atoms with Crippen molar-refractivity contribution in [2.45, 2.75) is 39.4 Å². The molecule has 0 fully saturated rings. The lowest BCUT2D eigenvalue weighted by atomic mass is 10.2. The average Bonchev–Trinajstić information content (AvgIpc) is 2.35. The van der Waals surface area contributed by atoms with Gasteiger partial charge in [-0.1, -0.05) is 6.07 Å². The highest BCUT2D eigenvalue weighted by Gasteiger charge is 2.13. The third-order valence-electron chi connectivity index (χ3n) is 2.42. The Hall–Kier alpha value is -1.93. The second-order valence-electron chi connectivity index (χ2n) is 4.39. The molecule has 5 nitrogen and oxygen atoms in total. The van der Waals surface area contributed by atoms with E-state index < -0.39 is 0 Å². The molecule has 1 atom stereocenters. The van der Waals surface area contributed by atoms with Crippen molar-refractivity contribution in [2.75, 3.05) is 0 Å². The monoisotopic (exact) mass is 246 g/mol. The highest BCUT2D eigenvalue weighted by atomic mass is 16.2. The Morgan fingerprint density at radius 2 is 2.22 bits per heavy atom. The predicted octanol–water partition coefficient (Wildman–Crippen LogP) is 0.956. The molecule has 5 heteroatoms. The molecule has 2 N–H and O–H groups in total. The highest BCUT2D eigenvalue weighted by molar-refractivity contribution is 5.81. The largest absolute Gasteiger partial charge is 0.353 e. The first-order chi connectivity index (χ1) is 8.54. The smallest absolute Gasteiger partial charge is 0.237 e. The van der Waals surface area contributed by atoms with Gasteiger partial charge in [0, 0.05) is 24.3 Å². The first kappa shape index (κ1) is 14.1. The van der Waals surface area contributed by atoms with Gasteiger partial charge in [0.2, 0.25) is 5.91 Å². The molecule has 0 saturated carbocycles. The molecule has 1 unspecified atom stereocenters. The Morgan fingerprint density at radius 3 is 2.83 bits per heavy atom. The van der Waals surface area contributed by atoms with Crippen molar-refractivity contribution < 1.29 is 4.79 Å². The van der Waals surface area contributed by atoms with Gasteiger partial charge in [-0.2, -0.15) is 5.26 Å². The minimum atomic E-state index is -0.306. The summed E-state index contributed by atoms with van der Waals surface area (Å²) in [6.45, 7) is 6.07. The topological polar surface area (TPSA) is 77.8 Å². The lowest BCUT2D eigenvalue weighted by Gasteiger charge is -2.16. The highest BCUT2D eigenvalue weighted by Crippen LogP contribution is 2.03. The molecular formula is C13H18N4O. The second-order valence-corrected chi connectivity index (χ2v) is 4.39. The molecule has 1 aromatic rings. The zero-order chi connectivity index (χ0) is 13.5. The molecule has 0 aliphatic heterocycles. The molecule has 0 aliphatic rings. The molecule has 0 radical (unpaired) electrons. The minimum Gasteiger partial charge on any atom is -0.353 e. The van der Waals surface area contributed by atoms with E-state index in [-0.39, 0.29) is 18.0 Å². The van der Waals surface area contributed by atoms with E-state index in [1.54, 1.807) is 19.2 Å². The number of nitriles is 1. The zero-order valence-electron chi connectivity index (χ0n) is 10.9. The maximum atomic E-state index is 11.7. The molecule has 1 heterocycles. The average molecular weight is 246 g/mol. The molecule has 96 valence electrons. The third-order valence-corrected chi connectivity index (χ3v) is 2.42. The lowest BCUT2D eigenvalue weighted by molar-refractivity contribution is -0.123. The minimum absolute atomic E-state index is 0.0487. The normalized spacial score (nSPS) is 11.9. The number of carbonyl (C=O) groups excluding carboxylic acids is 1. The Balaban J connectivity index is 2.55. The van der Waals surface area contributed by atoms with Gasteiger partial charge in [0.05, 0.1) is 6.04 Å². The van der Waals surface area contributed by atoms with Crippen LogP contribution < -0.4 is 10.6 Å². The van der Waals surface area contributed by atoms with E-state index in [1.165, 1.54) is 0 Å². The van der Waals surface area contributed by atoms with Crippen LogP contribution >= 0.6 is 0 Å². The summed E-state index contributed by atoms with van der Waals surface area (Å²) in [5, 5.41) is 14.8. The predicted molar refractivity (Wildman–Crippen MR) is 68.5 cm³/mol. The summed E-state index contributed by atoms with van der Waals surface area (Å²) in [6, 6.07) is 5.44. The Morgan fingerprint density at radius 1 is 1.50 bits per heavy atom. The van der Waals surface area contributed by atoms with E-state index in [0.29, 0.717) is 12.2 Å². The maximum absolute atomic E-state index is 11.7. The third kappa shape index (κ3) is 4.15. The van der Waals surface area contributed by atoms with Crippen molar-refractivity contribution >= 4 is 5.91 Å². The summed E-state index contributed by atoms with van der Waals surface area (Å²) >= 11 is 0.